The molecule has 0 amide bonds. The van der Waals surface area contributed by atoms with E-state index >= 15 is 0 Å². The maximum absolute atomic E-state index is 6.03. The average molecular weight is 510 g/mol. The summed E-state index contributed by atoms with van der Waals surface area (Å²) < 4.78 is 5.50. The number of hydrogen-bond acceptors (Lipinski definition) is 9. The second-order valence-electron chi connectivity index (χ2n) is 8.37. The highest BCUT2D eigenvalue weighted by atomic mass is 35.5. The van der Waals surface area contributed by atoms with E-state index in [1.165, 1.54) is 6.42 Å². The van der Waals surface area contributed by atoms with Gasteiger partial charge in [-0.2, -0.15) is 20.1 Å². The predicted octanol–water partition coefficient (Wildman–Crippen LogP) is 4.95. The molecular formula is C25H28ClN7OS. The molecule has 0 unspecified atom stereocenters. The van der Waals surface area contributed by atoms with Gasteiger partial charge in [0.05, 0.1) is 19.4 Å². The normalized spacial score (nSPS) is 16.6. The first-order chi connectivity index (χ1) is 17.2. The molecular weight excluding hydrogens is 482 g/mol. The van der Waals surface area contributed by atoms with Crippen LogP contribution in [0.2, 0.25) is 5.02 Å². The first-order valence-electron chi connectivity index (χ1n) is 11.9. The molecule has 0 saturated carbocycles. The molecule has 2 aromatic carbocycles. The maximum Gasteiger partial charge on any atom is 0.250 e. The lowest BCUT2D eigenvalue weighted by molar-refractivity contribution is 0.122. The van der Waals surface area contributed by atoms with Gasteiger partial charge in [0, 0.05) is 46.6 Å². The minimum absolute atomic E-state index is 0.446. The second kappa shape index (κ2) is 11.7. The number of halogens is 1. The van der Waals surface area contributed by atoms with E-state index in [4.69, 9.17) is 21.3 Å². The van der Waals surface area contributed by atoms with Gasteiger partial charge in [-0.3, -0.25) is 0 Å². The van der Waals surface area contributed by atoms with Crippen molar-refractivity contribution in [1.82, 2.24) is 15.0 Å². The number of aromatic nitrogens is 3. The van der Waals surface area contributed by atoms with E-state index in [0.717, 1.165) is 59.4 Å². The summed E-state index contributed by atoms with van der Waals surface area (Å²) in [6.45, 7) is 4.81. The molecule has 2 saturated heterocycles. The van der Waals surface area contributed by atoms with Gasteiger partial charge >= 0.3 is 0 Å². The molecule has 1 N–H and O–H groups in total. The van der Waals surface area contributed by atoms with Gasteiger partial charge in [0.1, 0.15) is 0 Å². The van der Waals surface area contributed by atoms with Crippen molar-refractivity contribution < 1.29 is 4.74 Å². The predicted molar refractivity (Wildman–Crippen MR) is 142 cm³/mol. The van der Waals surface area contributed by atoms with E-state index in [9.17, 15) is 0 Å². The Morgan fingerprint density at radius 3 is 2.29 bits per heavy atom. The smallest absolute Gasteiger partial charge is 0.250 e. The molecule has 3 heterocycles. The quantitative estimate of drug-likeness (QED) is 0.354. The fourth-order valence-corrected chi connectivity index (χ4v) is 5.05. The van der Waals surface area contributed by atoms with Gasteiger partial charge in [-0.15, -0.1) is 0 Å². The van der Waals surface area contributed by atoms with Gasteiger partial charge < -0.3 is 14.5 Å². The monoisotopic (exact) mass is 509 g/mol. The number of ether oxygens (including phenoxy) is 1. The molecule has 0 spiro atoms. The summed E-state index contributed by atoms with van der Waals surface area (Å²) in [6.07, 6.45) is 5.36. The SMILES string of the molecule is Clc1ccc(Sc2ccccc2/C=N/Nc2nc(N3CCCCC3)nc(N3CCOCC3)n2)cc1. The largest absolute Gasteiger partial charge is 0.378 e. The highest BCUT2D eigenvalue weighted by Crippen LogP contribution is 2.30. The van der Waals surface area contributed by atoms with Crippen LogP contribution in [0.4, 0.5) is 17.8 Å². The Morgan fingerprint density at radius 1 is 0.857 bits per heavy atom. The van der Waals surface area contributed by atoms with Crippen LogP contribution in [-0.2, 0) is 4.74 Å². The van der Waals surface area contributed by atoms with Gasteiger partial charge in [0.15, 0.2) is 0 Å². The first-order valence-corrected chi connectivity index (χ1v) is 13.1. The summed E-state index contributed by atoms with van der Waals surface area (Å²) in [7, 11) is 0. The summed E-state index contributed by atoms with van der Waals surface area (Å²) in [4.78, 5) is 20.7. The number of nitrogens with zero attached hydrogens (tertiary/aromatic N) is 6. The number of anilines is 3. The van der Waals surface area contributed by atoms with Gasteiger partial charge in [0.25, 0.3) is 0 Å². The zero-order valence-electron chi connectivity index (χ0n) is 19.4. The fourth-order valence-electron chi connectivity index (χ4n) is 4.01. The molecule has 0 bridgehead atoms. The molecule has 0 aliphatic carbocycles. The van der Waals surface area contributed by atoms with Crippen LogP contribution in [-0.4, -0.2) is 60.6 Å². The molecule has 2 aliphatic rings. The third-order valence-corrected chi connectivity index (χ3v) is 7.22. The zero-order valence-corrected chi connectivity index (χ0v) is 21.0. The summed E-state index contributed by atoms with van der Waals surface area (Å²) in [6, 6.07) is 16.0. The molecule has 35 heavy (non-hydrogen) atoms. The van der Waals surface area contributed by atoms with E-state index in [1.807, 2.05) is 42.5 Å². The number of hydrogen-bond donors (Lipinski definition) is 1. The number of hydrazone groups is 1. The van der Waals surface area contributed by atoms with Crippen LogP contribution >= 0.6 is 23.4 Å². The van der Waals surface area contributed by atoms with Gasteiger partial charge in [-0.25, -0.2) is 5.43 Å². The lowest BCUT2D eigenvalue weighted by Gasteiger charge is -2.30. The fraction of sp³-hybridized carbons (Fsp3) is 0.360. The van der Waals surface area contributed by atoms with Crippen LogP contribution in [0.15, 0.2) is 63.4 Å². The molecule has 5 rings (SSSR count). The van der Waals surface area contributed by atoms with Crippen LogP contribution < -0.4 is 15.2 Å². The highest BCUT2D eigenvalue weighted by molar-refractivity contribution is 7.99. The van der Waals surface area contributed by atoms with Crippen LogP contribution in [0.25, 0.3) is 0 Å². The van der Waals surface area contributed by atoms with Crippen molar-refractivity contribution in [3.05, 3.63) is 59.1 Å². The number of morpholine rings is 1. The third-order valence-electron chi connectivity index (χ3n) is 5.87. The zero-order chi connectivity index (χ0) is 23.9. The Labute approximate surface area is 214 Å². The number of nitrogens with one attached hydrogen (secondary N) is 1. The summed E-state index contributed by atoms with van der Waals surface area (Å²) in [5, 5.41) is 5.20. The van der Waals surface area contributed by atoms with E-state index in [-0.39, 0.29) is 0 Å². The van der Waals surface area contributed by atoms with Crippen molar-refractivity contribution in [2.24, 2.45) is 5.10 Å². The van der Waals surface area contributed by atoms with Crippen LogP contribution in [0.3, 0.4) is 0 Å². The summed E-state index contributed by atoms with van der Waals surface area (Å²) in [5.74, 6) is 1.82. The Balaban J connectivity index is 1.35. The van der Waals surface area contributed by atoms with Crippen molar-refractivity contribution in [2.45, 2.75) is 29.1 Å². The molecule has 0 radical (unpaired) electrons. The van der Waals surface area contributed by atoms with Crippen LogP contribution in [0.1, 0.15) is 24.8 Å². The topological polar surface area (TPSA) is 78.8 Å². The van der Waals surface area contributed by atoms with Crippen molar-refractivity contribution in [3.8, 4) is 0 Å². The molecule has 2 aliphatic heterocycles. The Morgan fingerprint density at radius 2 is 1.54 bits per heavy atom. The van der Waals surface area contributed by atoms with E-state index in [1.54, 1.807) is 18.0 Å². The average Bonchev–Trinajstić information content (AvgIpc) is 2.92. The van der Waals surface area contributed by atoms with E-state index in [2.05, 4.69) is 36.4 Å². The lowest BCUT2D eigenvalue weighted by Crippen LogP contribution is -2.38. The minimum atomic E-state index is 0.446. The third kappa shape index (κ3) is 6.42. The van der Waals surface area contributed by atoms with Crippen LogP contribution in [0, 0.1) is 0 Å². The maximum atomic E-state index is 6.03. The molecule has 1 aromatic heterocycles. The molecule has 8 nitrogen and oxygen atoms in total. The highest BCUT2D eigenvalue weighted by Gasteiger charge is 2.20. The van der Waals surface area contributed by atoms with Crippen molar-refractivity contribution in [3.63, 3.8) is 0 Å². The van der Waals surface area contributed by atoms with E-state index < -0.39 is 0 Å². The molecule has 3 aromatic rings. The Hall–Kier alpha value is -2.88. The molecule has 2 fully saturated rings. The van der Waals surface area contributed by atoms with Gasteiger partial charge in [-0.05, 0) is 49.6 Å². The van der Waals surface area contributed by atoms with E-state index in [0.29, 0.717) is 31.1 Å². The van der Waals surface area contributed by atoms with Crippen molar-refractivity contribution >= 4 is 47.4 Å². The van der Waals surface area contributed by atoms with Crippen molar-refractivity contribution in [2.75, 3.05) is 54.6 Å². The number of benzene rings is 2. The lowest BCUT2D eigenvalue weighted by atomic mass is 10.1. The molecule has 10 heteroatoms. The molecule has 182 valence electrons. The van der Waals surface area contributed by atoms with Crippen molar-refractivity contribution in [1.29, 1.82) is 0 Å². The molecule has 0 atom stereocenters. The number of rotatable bonds is 7. The van der Waals surface area contributed by atoms with Crippen LogP contribution in [0.5, 0.6) is 0 Å². The summed E-state index contributed by atoms with van der Waals surface area (Å²) >= 11 is 7.69. The van der Waals surface area contributed by atoms with Gasteiger partial charge in [0.2, 0.25) is 17.8 Å². The summed E-state index contributed by atoms with van der Waals surface area (Å²) in [5.41, 5.74) is 4.05. The van der Waals surface area contributed by atoms with Gasteiger partial charge in [-0.1, -0.05) is 41.6 Å². The minimum Gasteiger partial charge on any atom is -0.378 e. The second-order valence-corrected chi connectivity index (χ2v) is 9.92. The Kier molecular flexibility index (Phi) is 7.97. The Bertz CT molecular complexity index is 1110. The standard InChI is InChI=1S/C25H28ClN7OS/c26-20-8-10-21(11-9-20)35-22-7-3-2-6-19(22)18-27-31-23-28-24(32-12-4-1-5-13-32)30-25(29-23)33-14-16-34-17-15-33/h2-3,6-11,18H,1,4-5,12-17H2,(H,28,29,30,31)/b27-18+. The first kappa shape index (κ1) is 23.8. The number of piperidine rings is 1.